The maximum absolute atomic E-state index is 13.1. The van der Waals surface area contributed by atoms with Gasteiger partial charge < -0.3 is 9.47 Å². The summed E-state index contributed by atoms with van der Waals surface area (Å²) >= 11 is 6.80. The number of carbonyl (C=O) groups excluding carboxylic acids is 2. The summed E-state index contributed by atoms with van der Waals surface area (Å²) in [5.41, 5.74) is 0.242. The van der Waals surface area contributed by atoms with Gasteiger partial charge >= 0.3 is 6.18 Å². The smallest absolute Gasteiger partial charge is 0.416 e. The van der Waals surface area contributed by atoms with E-state index in [2.05, 4.69) is 0 Å². The summed E-state index contributed by atoms with van der Waals surface area (Å²) in [6.45, 7) is 0.214. The van der Waals surface area contributed by atoms with Crippen LogP contribution in [0.25, 0.3) is 6.08 Å². The Balaban J connectivity index is 1.55. The van der Waals surface area contributed by atoms with E-state index in [1.165, 1.54) is 19.3 Å². The topological polar surface area (TPSA) is 55.8 Å². The Hall–Kier alpha value is -3.43. The van der Waals surface area contributed by atoms with Crippen LogP contribution in [0.15, 0.2) is 71.6 Å². The zero-order valence-electron chi connectivity index (χ0n) is 18.1. The number of thioether (sulfide) groups is 1. The Bertz CT molecular complexity index is 1330. The van der Waals surface area contributed by atoms with Crippen LogP contribution < -0.4 is 14.4 Å². The predicted octanol–water partition coefficient (Wildman–Crippen LogP) is 7.19. The molecule has 3 aromatic rings. The maximum Gasteiger partial charge on any atom is 0.416 e. The molecule has 5 nitrogen and oxygen atoms in total. The Kier molecular flexibility index (Phi) is 7.09. The van der Waals surface area contributed by atoms with E-state index in [1.54, 1.807) is 24.3 Å². The number of hydrogen-bond donors (Lipinski definition) is 0. The first kappa shape index (κ1) is 24.7. The number of carbonyl (C=O) groups is 2. The molecular formula is C25H17ClF3NO4S. The van der Waals surface area contributed by atoms with Crippen LogP contribution in [0.5, 0.6) is 11.5 Å². The van der Waals surface area contributed by atoms with E-state index >= 15 is 0 Å². The summed E-state index contributed by atoms with van der Waals surface area (Å²) in [5.74, 6) is 0.127. The molecule has 0 atom stereocenters. The molecule has 1 heterocycles. The zero-order valence-corrected chi connectivity index (χ0v) is 19.7. The minimum absolute atomic E-state index is 0.0687. The third-order valence-corrected chi connectivity index (χ3v) is 6.29. The molecule has 0 spiro atoms. The molecule has 35 heavy (non-hydrogen) atoms. The van der Waals surface area contributed by atoms with Gasteiger partial charge in [-0.15, -0.1) is 0 Å². The van der Waals surface area contributed by atoms with Gasteiger partial charge in [0.05, 0.1) is 23.3 Å². The number of hydrogen-bond acceptors (Lipinski definition) is 5. The van der Waals surface area contributed by atoms with E-state index in [9.17, 15) is 22.8 Å². The van der Waals surface area contributed by atoms with Gasteiger partial charge in [-0.2, -0.15) is 13.2 Å². The van der Waals surface area contributed by atoms with Crippen LogP contribution in [0.1, 0.15) is 16.7 Å². The highest BCUT2D eigenvalue weighted by Gasteiger charge is 2.38. The van der Waals surface area contributed by atoms with Crippen molar-refractivity contribution in [2.45, 2.75) is 12.8 Å². The fourth-order valence-electron chi connectivity index (χ4n) is 3.33. The molecule has 4 rings (SSSR count). The van der Waals surface area contributed by atoms with Crippen LogP contribution >= 0.6 is 23.4 Å². The first-order valence-corrected chi connectivity index (χ1v) is 11.4. The summed E-state index contributed by atoms with van der Waals surface area (Å²) in [4.78, 5) is 26.1. The summed E-state index contributed by atoms with van der Waals surface area (Å²) < 4.78 is 50.4. The van der Waals surface area contributed by atoms with Crippen LogP contribution in [0.2, 0.25) is 5.02 Å². The Morgan fingerprint density at radius 1 is 1.00 bits per heavy atom. The molecule has 1 aliphatic rings. The molecule has 0 radical (unpaired) electrons. The lowest BCUT2D eigenvalue weighted by Gasteiger charge is -2.15. The van der Waals surface area contributed by atoms with E-state index in [0.29, 0.717) is 33.8 Å². The summed E-state index contributed by atoms with van der Waals surface area (Å²) in [5, 5.41) is -0.119. The quantitative estimate of drug-likeness (QED) is 0.323. The van der Waals surface area contributed by atoms with Gasteiger partial charge in [-0.1, -0.05) is 41.9 Å². The van der Waals surface area contributed by atoms with E-state index in [1.807, 2.05) is 18.2 Å². The highest BCUT2D eigenvalue weighted by molar-refractivity contribution is 8.19. The fourth-order valence-corrected chi connectivity index (χ4v) is 4.36. The van der Waals surface area contributed by atoms with Gasteiger partial charge in [0.15, 0.2) is 11.5 Å². The number of anilines is 1. The normalized spacial score (nSPS) is 15.1. The number of alkyl halides is 3. The van der Waals surface area contributed by atoms with Crippen molar-refractivity contribution >= 4 is 46.3 Å². The summed E-state index contributed by atoms with van der Waals surface area (Å²) in [7, 11) is 1.46. The fraction of sp³-hybridized carbons (Fsp3) is 0.120. The number of halogens is 4. The molecule has 10 heteroatoms. The lowest BCUT2D eigenvalue weighted by atomic mass is 10.1. The van der Waals surface area contributed by atoms with Gasteiger partial charge in [0, 0.05) is 10.6 Å². The second-order valence-electron chi connectivity index (χ2n) is 7.36. The Labute approximate surface area is 208 Å². The molecule has 0 aliphatic carbocycles. The molecule has 0 unspecified atom stereocenters. The third kappa shape index (κ3) is 5.47. The summed E-state index contributed by atoms with van der Waals surface area (Å²) in [6.07, 6.45) is -3.13. The zero-order chi connectivity index (χ0) is 25.2. The van der Waals surface area contributed by atoms with Crippen LogP contribution in [0.3, 0.4) is 0 Å². The summed E-state index contributed by atoms with van der Waals surface area (Å²) in [6, 6.07) is 16.3. The molecule has 1 fully saturated rings. The monoisotopic (exact) mass is 519 g/mol. The van der Waals surface area contributed by atoms with Crippen molar-refractivity contribution < 1.29 is 32.2 Å². The molecule has 0 N–H and O–H groups in total. The average Bonchev–Trinajstić information content (AvgIpc) is 3.11. The van der Waals surface area contributed by atoms with E-state index in [-0.39, 0.29) is 17.2 Å². The molecule has 1 saturated heterocycles. The Morgan fingerprint density at radius 2 is 1.77 bits per heavy atom. The van der Waals surface area contributed by atoms with E-state index in [0.717, 1.165) is 28.7 Å². The number of amides is 2. The van der Waals surface area contributed by atoms with Crippen LogP contribution in [-0.2, 0) is 17.6 Å². The van der Waals surface area contributed by atoms with Crippen molar-refractivity contribution in [2.24, 2.45) is 0 Å². The standard InChI is InChI=1S/C25H17ClF3NO4S/c1-33-21-11-15(9-10-20(21)34-14-16-5-2-3-8-19(16)26)12-22-23(31)30(24(32)35-22)18-7-4-6-17(13-18)25(27,28)29/h2-13H,14H2,1H3/b22-12-. The van der Waals surface area contributed by atoms with Gasteiger partial charge in [-0.3, -0.25) is 9.59 Å². The number of imide groups is 1. The molecule has 2 amide bonds. The van der Waals surface area contributed by atoms with Crippen molar-refractivity contribution in [3.05, 3.63) is 93.3 Å². The van der Waals surface area contributed by atoms with E-state index in [4.69, 9.17) is 21.1 Å². The van der Waals surface area contributed by atoms with Crippen LogP contribution in [0.4, 0.5) is 23.7 Å². The predicted molar refractivity (Wildman–Crippen MR) is 129 cm³/mol. The minimum atomic E-state index is -4.60. The molecule has 1 aliphatic heterocycles. The van der Waals surface area contributed by atoms with Crippen molar-refractivity contribution in [3.8, 4) is 11.5 Å². The van der Waals surface area contributed by atoms with Crippen molar-refractivity contribution in [1.82, 2.24) is 0 Å². The SMILES string of the molecule is COc1cc(/C=C2\SC(=O)N(c3cccc(C(F)(F)F)c3)C2=O)ccc1OCc1ccccc1Cl. The molecular weight excluding hydrogens is 503 g/mol. The maximum atomic E-state index is 13.1. The molecule has 180 valence electrons. The first-order chi connectivity index (χ1) is 16.7. The highest BCUT2D eigenvalue weighted by Crippen LogP contribution is 2.39. The van der Waals surface area contributed by atoms with Gasteiger partial charge in [0.1, 0.15) is 6.61 Å². The second-order valence-corrected chi connectivity index (χ2v) is 8.76. The Morgan fingerprint density at radius 3 is 2.49 bits per heavy atom. The number of ether oxygens (including phenoxy) is 2. The van der Waals surface area contributed by atoms with Crippen molar-refractivity contribution in [2.75, 3.05) is 12.0 Å². The largest absolute Gasteiger partial charge is 0.493 e. The lowest BCUT2D eigenvalue weighted by Crippen LogP contribution is -2.28. The number of benzene rings is 3. The minimum Gasteiger partial charge on any atom is -0.493 e. The highest BCUT2D eigenvalue weighted by atomic mass is 35.5. The van der Waals surface area contributed by atoms with Crippen LogP contribution in [0, 0.1) is 0 Å². The molecule has 0 aromatic heterocycles. The average molecular weight is 520 g/mol. The van der Waals surface area contributed by atoms with Crippen molar-refractivity contribution in [1.29, 1.82) is 0 Å². The number of rotatable bonds is 6. The van der Waals surface area contributed by atoms with Crippen molar-refractivity contribution in [3.63, 3.8) is 0 Å². The first-order valence-electron chi connectivity index (χ1n) is 10.2. The lowest BCUT2D eigenvalue weighted by molar-refractivity contribution is -0.137. The molecule has 3 aromatic carbocycles. The molecule has 0 saturated carbocycles. The van der Waals surface area contributed by atoms with E-state index < -0.39 is 22.9 Å². The third-order valence-electron chi connectivity index (χ3n) is 5.05. The molecule has 0 bridgehead atoms. The van der Waals surface area contributed by atoms with Gasteiger partial charge in [0.2, 0.25) is 0 Å². The number of nitrogens with zero attached hydrogens (tertiary/aromatic N) is 1. The number of methoxy groups -OCH3 is 1. The van der Waals surface area contributed by atoms with Gasteiger partial charge in [-0.05, 0) is 59.8 Å². The van der Waals surface area contributed by atoms with Gasteiger partial charge in [-0.25, -0.2) is 4.90 Å². The van der Waals surface area contributed by atoms with Gasteiger partial charge in [0.25, 0.3) is 11.1 Å². The second kappa shape index (κ2) is 10.1. The van der Waals surface area contributed by atoms with Crippen LogP contribution in [-0.4, -0.2) is 18.3 Å².